The maximum atomic E-state index is 4.76. The molecule has 2 N–H and O–H groups in total. The smallest absolute Gasteiger partial charge is 0.191 e. The molecular weight excluding hydrogens is 346 g/mol. The zero-order chi connectivity index (χ0) is 20.4. The molecule has 0 unspecified atom stereocenters. The number of benzene rings is 1. The van der Waals surface area contributed by atoms with Crippen LogP contribution in [0.1, 0.15) is 45.7 Å². The molecular formula is C23H41N5. The molecule has 1 aromatic carbocycles. The number of nitrogens with one attached hydrogen (secondary N) is 2. The predicted molar refractivity (Wildman–Crippen MR) is 121 cm³/mol. The topological polar surface area (TPSA) is 42.9 Å². The van der Waals surface area contributed by atoms with Crippen LogP contribution in [-0.2, 0) is 11.8 Å². The van der Waals surface area contributed by atoms with Gasteiger partial charge in [-0.05, 0) is 36.4 Å². The summed E-state index contributed by atoms with van der Waals surface area (Å²) in [4.78, 5) is 9.80. The zero-order valence-corrected chi connectivity index (χ0v) is 18.7. The Kier molecular flexibility index (Phi) is 9.26. The molecule has 1 fully saturated rings. The van der Waals surface area contributed by atoms with Gasteiger partial charge in [-0.25, -0.2) is 0 Å². The fraction of sp³-hybridized carbons (Fsp3) is 0.696. The average Bonchev–Trinajstić information content (AvgIpc) is 2.68. The highest BCUT2D eigenvalue weighted by Crippen LogP contribution is 2.22. The van der Waals surface area contributed by atoms with E-state index in [4.69, 9.17) is 4.99 Å². The van der Waals surface area contributed by atoms with E-state index in [2.05, 4.69) is 79.3 Å². The number of aliphatic imine (C=N–C) groups is 1. The van der Waals surface area contributed by atoms with Gasteiger partial charge in [0.15, 0.2) is 5.96 Å². The Morgan fingerprint density at radius 3 is 2.18 bits per heavy atom. The number of nitrogens with zero attached hydrogens (tertiary/aromatic N) is 3. The Labute approximate surface area is 172 Å². The van der Waals surface area contributed by atoms with Gasteiger partial charge >= 0.3 is 0 Å². The molecule has 5 heteroatoms. The SMILES string of the molecule is CCNC(=NCCN1CCN(CC)CC1)NCCc1ccc(C(C)(C)C)cc1. The summed E-state index contributed by atoms with van der Waals surface area (Å²) < 4.78 is 0. The molecule has 1 aliphatic rings. The van der Waals surface area contributed by atoms with Gasteiger partial charge in [-0.1, -0.05) is 52.0 Å². The number of likely N-dealkylation sites (N-methyl/N-ethyl adjacent to an activating group) is 1. The van der Waals surface area contributed by atoms with Crippen LogP contribution in [0, 0.1) is 0 Å². The molecule has 1 aliphatic heterocycles. The lowest BCUT2D eigenvalue weighted by atomic mass is 9.86. The van der Waals surface area contributed by atoms with E-state index in [9.17, 15) is 0 Å². The lowest BCUT2D eigenvalue weighted by Gasteiger charge is -2.33. The molecule has 0 saturated carbocycles. The third-order valence-corrected chi connectivity index (χ3v) is 5.47. The van der Waals surface area contributed by atoms with Gasteiger partial charge in [-0.15, -0.1) is 0 Å². The molecule has 0 radical (unpaired) electrons. The van der Waals surface area contributed by atoms with Crippen molar-refractivity contribution in [2.24, 2.45) is 4.99 Å². The van der Waals surface area contributed by atoms with Crippen molar-refractivity contribution in [1.29, 1.82) is 0 Å². The molecule has 2 rings (SSSR count). The molecule has 0 spiro atoms. The van der Waals surface area contributed by atoms with Gasteiger partial charge in [0.1, 0.15) is 0 Å². The number of guanidine groups is 1. The van der Waals surface area contributed by atoms with Crippen LogP contribution in [-0.4, -0.2) is 74.7 Å². The van der Waals surface area contributed by atoms with Crippen molar-refractivity contribution < 1.29 is 0 Å². The van der Waals surface area contributed by atoms with Gasteiger partial charge in [0.05, 0.1) is 6.54 Å². The minimum absolute atomic E-state index is 0.213. The highest BCUT2D eigenvalue weighted by Gasteiger charge is 2.15. The van der Waals surface area contributed by atoms with E-state index in [0.717, 1.165) is 51.6 Å². The van der Waals surface area contributed by atoms with Crippen molar-refractivity contribution >= 4 is 5.96 Å². The molecule has 5 nitrogen and oxygen atoms in total. The molecule has 0 aliphatic carbocycles. The van der Waals surface area contributed by atoms with E-state index < -0.39 is 0 Å². The number of piperazine rings is 1. The normalized spacial score (nSPS) is 17.0. The third-order valence-electron chi connectivity index (χ3n) is 5.47. The second kappa shape index (κ2) is 11.4. The van der Waals surface area contributed by atoms with Crippen molar-refractivity contribution in [1.82, 2.24) is 20.4 Å². The minimum atomic E-state index is 0.213. The summed E-state index contributed by atoms with van der Waals surface area (Å²) in [7, 11) is 0. The minimum Gasteiger partial charge on any atom is -0.357 e. The standard InChI is InChI=1S/C23H41N5/c1-6-24-22(26-14-15-28-18-16-27(7-2)17-19-28)25-13-12-20-8-10-21(11-9-20)23(3,4)5/h8-11H,6-7,12-19H2,1-5H3,(H2,24,25,26). The van der Waals surface area contributed by atoms with Crippen LogP contribution in [0.5, 0.6) is 0 Å². The van der Waals surface area contributed by atoms with E-state index in [1.807, 2.05) is 0 Å². The second-order valence-corrected chi connectivity index (χ2v) is 8.66. The highest BCUT2D eigenvalue weighted by molar-refractivity contribution is 5.79. The maximum absolute atomic E-state index is 4.76. The summed E-state index contributed by atoms with van der Waals surface area (Å²) in [5.41, 5.74) is 2.97. The first-order chi connectivity index (χ1) is 13.4. The average molecular weight is 388 g/mol. The first-order valence-electron chi connectivity index (χ1n) is 11.0. The Balaban J connectivity index is 1.73. The monoisotopic (exact) mass is 387 g/mol. The lowest BCUT2D eigenvalue weighted by molar-refractivity contribution is 0.140. The summed E-state index contributed by atoms with van der Waals surface area (Å²) in [5, 5.41) is 6.84. The molecule has 1 aromatic rings. The Hall–Kier alpha value is -1.59. The van der Waals surface area contributed by atoms with Gasteiger partial charge < -0.3 is 15.5 Å². The van der Waals surface area contributed by atoms with E-state index in [0.29, 0.717) is 0 Å². The third kappa shape index (κ3) is 7.80. The molecule has 0 bridgehead atoms. The molecule has 0 aromatic heterocycles. The van der Waals surface area contributed by atoms with Crippen molar-refractivity contribution in [2.45, 2.75) is 46.5 Å². The van der Waals surface area contributed by atoms with Gasteiger partial charge in [0.2, 0.25) is 0 Å². The fourth-order valence-electron chi connectivity index (χ4n) is 3.47. The molecule has 0 atom stereocenters. The van der Waals surface area contributed by atoms with Crippen LogP contribution in [0.3, 0.4) is 0 Å². The lowest BCUT2D eigenvalue weighted by Crippen LogP contribution is -2.47. The molecule has 1 heterocycles. The van der Waals surface area contributed by atoms with Crippen molar-refractivity contribution in [3.05, 3.63) is 35.4 Å². The Morgan fingerprint density at radius 1 is 0.964 bits per heavy atom. The van der Waals surface area contributed by atoms with E-state index >= 15 is 0 Å². The highest BCUT2D eigenvalue weighted by atomic mass is 15.3. The number of hydrogen-bond acceptors (Lipinski definition) is 3. The van der Waals surface area contributed by atoms with Crippen LogP contribution in [0.2, 0.25) is 0 Å². The fourth-order valence-corrected chi connectivity index (χ4v) is 3.47. The maximum Gasteiger partial charge on any atom is 0.191 e. The van der Waals surface area contributed by atoms with Gasteiger partial charge in [-0.3, -0.25) is 9.89 Å². The van der Waals surface area contributed by atoms with Crippen molar-refractivity contribution in [3.63, 3.8) is 0 Å². The number of hydrogen-bond donors (Lipinski definition) is 2. The zero-order valence-electron chi connectivity index (χ0n) is 18.7. The van der Waals surface area contributed by atoms with Gasteiger partial charge in [0.25, 0.3) is 0 Å². The van der Waals surface area contributed by atoms with Crippen LogP contribution in [0.15, 0.2) is 29.3 Å². The van der Waals surface area contributed by atoms with Crippen LogP contribution in [0.4, 0.5) is 0 Å². The predicted octanol–water partition coefficient (Wildman–Crippen LogP) is 2.72. The largest absolute Gasteiger partial charge is 0.357 e. The Morgan fingerprint density at radius 2 is 1.61 bits per heavy atom. The first-order valence-corrected chi connectivity index (χ1v) is 11.0. The van der Waals surface area contributed by atoms with E-state index in [1.165, 1.54) is 30.8 Å². The van der Waals surface area contributed by atoms with Crippen molar-refractivity contribution in [3.8, 4) is 0 Å². The van der Waals surface area contributed by atoms with Crippen molar-refractivity contribution in [2.75, 3.05) is 58.9 Å². The second-order valence-electron chi connectivity index (χ2n) is 8.66. The molecule has 1 saturated heterocycles. The summed E-state index contributed by atoms with van der Waals surface area (Å²) in [6.07, 6.45) is 1.01. The summed E-state index contributed by atoms with van der Waals surface area (Å²) >= 11 is 0. The molecule has 28 heavy (non-hydrogen) atoms. The van der Waals surface area contributed by atoms with Crippen LogP contribution in [0.25, 0.3) is 0 Å². The molecule has 158 valence electrons. The quantitative estimate of drug-likeness (QED) is 0.532. The van der Waals surface area contributed by atoms with Gasteiger partial charge in [-0.2, -0.15) is 0 Å². The van der Waals surface area contributed by atoms with E-state index in [-0.39, 0.29) is 5.41 Å². The summed E-state index contributed by atoms with van der Waals surface area (Å²) in [6.45, 7) is 20.7. The van der Waals surface area contributed by atoms with Crippen LogP contribution < -0.4 is 10.6 Å². The first kappa shape index (κ1) is 22.7. The molecule has 0 amide bonds. The van der Waals surface area contributed by atoms with Gasteiger partial charge in [0, 0.05) is 45.8 Å². The Bertz CT molecular complexity index is 580. The van der Waals surface area contributed by atoms with E-state index in [1.54, 1.807) is 0 Å². The summed E-state index contributed by atoms with van der Waals surface area (Å²) in [5.74, 6) is 0.931. The van der Waals surface area contributed by atoms with Crippen LogP contribution >= 0.6 is 0 Å². The number of rotatable bonds is 8. The summed E-state index contributed by atoms with van der Waals surface area (Å²) in [6, 6.07) is 9.02.